The summed E-state index contributed by atoms with van der Waals surface area (Å²) in [4.78, 5) is 0. The predicted octanol–water partition coefficient (Wildman–Crippen LogP) is 7.63. The van der Waals surface area contributed by atoms with Crippen molar-refractivity contribution in [1.29, 1.82) is 0 Å². The van der Waals surface area contributed by atoms with Crippen LogP contribution < -0.4 is 0 Å². The van der Waals surface area contributed by atoms with Crippen LogP contribution in [0.3, 0.4) is 0 Å². The smallest absolute Gasteiger partial charge is 0.129 e. The Morgan fingerprint density at radius 3 is 2.19 bits per heavy atom. The highest BCUT2D eigenvalue weighted by Gasteiger charge is 2.31. The number of hydrogen-bond acceptors (Lipinski definition) is 1. The number of rotatable bonds is 8. The Labute approximate surface area is 166 Å². The van der Waals surface area contributed by atoms with Crippen molar-refractivity contribution in [3.63, 3.8) is 0 Å². The fourth-order valence-electron chi connectivity index (χ4n) is 5.65. The molecule has 2 aliphatic rings. The maximum atomic E-state index is 14.2. The van der Waals surface area contributed by atoms with E-state index in [0.29, 0.717) is 18.1 Å². The summed E-state index contributed by atoms with van der Waals surface area (Å²) in [5.74, 6) is 3.36. The third-order valence-electron chi connectivity index (χ3n) is 7.39. The lowest BCUT2D eigenvalue weighted by atomic mass is 9.68. The molecule has 27 heavy (non-hydrogen) atoms. The van der Waals surface area contributed by atoms with Crippen LogP contribution in [0.25, 0.3) is 0 Å². The van der Waals surface area contributed by atoms with E-state index >= 15 is 0 Å². The molecule has 2 saturated carbocycles. The van der Waals surface area contributed by atoms with Crippen molar-refractivity contribution in [3.05, 3.63) is 35.1 Å². The first kappa shape index (κ1) is 20.8. The lowest BCUT2D eigenvalue weighted by Crippen LogP contribution is -2.25. The molecule has 0 spiro atoms. The van der Waals surface area contributed by atoms with Gasteiger partial charge in [0.05, 0.1) is 6.61 Å². The molecule has 0 atom stereocenters. The first-order valence-corrected chi connectivity index (χ1v) is 11.5. The molecule has 0 aromatic heterocycles. The molecule has 0 heterocycles. The Bertz CT molecular complexity index is 553. The molecule has 0 amide bonds. The molecule has 2 heteroatoms. The van der Waals surface area contributed by atoms with Crippen molar-refractivity contribution in [2.45, 2.75) is 96.5 Å². The Hall–Kier alpha value is -0.890. The van der Waals surface area contributed by atoms with Crippen LogP contribution in [0.2, 0.25) is 0 Å². The van der Waals surface area contributed by atoms with Crippen molar-refractivity contribution in [1.82, 2.24) is 0 Å². The minimum atomic E-state index is -0.0992. The monoisotopic (exact) mass is 374 g/mol. The van der Waals surface area contributed by atoms with Crippen LogP contribution in [-0.2, 0) is 11.3 Å². The van der Waals surface area contributed by atoms with Gasteiger partial charge in [-0.05, 0) is 73.8 Å². The van der Waals surface area contributed by atoms with Gasteiger partial charge in [0.1, 0.15) is 5.82 Å². The van der Waals surface area contributed by atoms with Crippen molar-refractivity contribution >= 4 is 0 Å². The van der Waals surface area contributed by atoms with Crippen molar-refractivity contribution < 1.29 is 9.13 Å². The Balaban J connectivity index is 1.43. The Kier molecular flexibility index (Phi) is 8.18. The van der Waals surface area contributed by atoms with Crippen LogP contribution in [-0.4, -0.2) is 7.11 Å². The van der Waals surface area contributed by atoms with E-state index in [9.17, 15) is 4.39 Å². The van der Waals surface area contributed by atoms with E-state index in [1.165, 1.54) is 82.6 Å². The van der Waals surface area contributed by atoms with E-state index in [0.717, 1.165) is 17.8 Å². The summed E-state index contributed by atoms with van der Waals surface area (Å²) in [5, 5.41) is 0. The standard InChI is InChI=1S/C25H39FO/c1-3-4-5-6-19-7-9-20(10-8-19)21-11-13-22(14-12-21)23-15-16-24(18-27-2)25(26)17-23/h15-17,19-22H,3-14,18H2,1-2H3/t19-,20-,21-,22-. The van der Waals surface area contributed by atoms with Gasteiger partial charge in [-0.1, -0.05) is 57.6 Å². The van der Waals surface area contributed by atoms with Crippen LogP contribution in [0, 0.1) is 23.6 Å². The topological polar surface area (TPSA) is 9.23 Å². The maximum absolute atomic E-state index is 14.2. The molecular formula is C25H39FO. The van der Waals surface area contributed by atoms with Crippen LogP contribution in [0.1, 0.15) is 101 Å². The fraction of sp³-hybridized carbons (Fsp3) is 0.760. The number of benzene rings is 1. The fourth-order valence-corrected chi connectivity index (χ4v) is 5.65. The number of methoxy groups -OCH3 is 1. The quantitative estimate of drug-likeness (QED) is 0.425. The highest BCUT2D eigenvalue weighted by Crippen LogP contribution is 2.44. The van der Waals surface area contributed by atoms with E-state index < -0.39 is 0 Å². The highest BCUT2D eigenvalue weighted by molar-refractivity contribution is 5.27. The molecule has 3 rings (SSSR count). The van der Waals surface area contributed by atoms with Crippen molar-refractivity contribution in [3.8, 4) is 0 Å². The molecule has 2 aliphatic carbocycles. The number of unbranched alkanes of at least 4 members (excludes halogenated alkanes) is 2. The largest absolute Gasteiger partial charge is 0.380 e. The molecule has 0 bridgehead atoms. The van der Waals surface area contributed by atoms with Gasteiger partial charge in [0.15, 0.2) is 0 Å². The van der Waals surface area contributed by atoms with E-state index in [-0.39, 0.29) is 5.82 Å². The van der Waals surface area contributed by atoms with Crippen LogP contribution >= 0.6 is 0 Å². The van der Waals surface area contributed by atoms with Crippen LogP contribution in [0.5, 0.6) is 0 Å². The van der Waals surface area contributed by atoms with Crippen molar-refractivity contribution in [2.75, 3.05) is 7.11 Å². The molecule has 1 aromatic carbocycles. The molecule has 0 saturated heterocycles. The van der Waals surface area contributed by atoms with E-state index in [1.807, 2.05) is 6.07 Å². The van der Waals surface area contributed by atoms with Crippen LogP contribution in [0.15, 0.2) is 18.2 Å². The second kappa shape index (κ2) is 10.6. The molecule has 0 N–H and O–H groups in total. The first-order valence-electron chi connectivity index (χ1n) is 11.5. The summed E-state index contributed by atoms with van der Waals surface area (Å²) in [6, 6.07) is 5.81. The SMILES string of the molecule is CCCCC[C@H]1CC[C@H]([C@H]2CC[C@H](c3ccc(COC)c(F)c3)CC2)CC1. The second-order valence-corrected chi connectivity index (χ2v) is 9.17. The van der Waals surface area contributed by atoms with Crippen molar-refractivity contribution in [2.24, 2.45) is 17.8 Å². The zero-order valence-corrected chi connectivity index (χ0v) is 17.5. The zero-order chi connectivity index (χ0) is 19.1. The van der Waals surface area contributed by atoms with Gasteiger partial charge in [-0.15, -0.1) is 0 Å². The predicted molar refractivity (Wildman–Crippen MR) is 111 cm³/mol. The lowest BCUT2D eigenvalue weighted by molar-refractivity contribution is 0.155. The third-order valence-corrected chi connectivity index (χ3v) is 7.39. The van der Waals surface area contributed by atoms with Gasteiger partial charge in [0, 0.05) is 12.7 Å². The van der Waals surface area contributed by atoms with Gasteiger partial charge in [0.25, 0.3) is 0 Å². The molecular weight excluding hydrogens is 335 g/mol. The van der Waals surface area contributed by atoms with Gasteiger partial charge in [0.2, 0.25) is 0 Å². The average Bonchev–Trinajstić information content (AvgIpc) is 2.71. The van der Waals surface area contributed by atoms with Gasteiger partial charge in [-0.25, -0.2) is 4.39 Å². The molecule has 1 aromatic rings. The minimum absolute atomic E-state index is 0.0992. The minimum Gasteiger partial charge on any atom is -0.380 e. The summed E-state index contributed by atoms with van der Waals surface area (Å²) in [7, 11) is 1.62. The highest BCUT2D eigenvalue weighted by atomic mass is 19.1. The molecule has 0 radical (unpaired) electrons. The molecule has 0 unspecified atom stereocenters. The first-order chi connectivity index (χ1) is 13.2. The summed E-state index contributed by atoms with van der Waals surface area (Å²) in [5.41, 5.74) is 1.87. The zero-order valence-electron chi connectivity index (χ0n) is 17.5. The normalized spacial score (nSPS) is 29.0. The maximum Gasteiger partial charge on any atom is 0.129 e. The molecule has 0 aliphatic heterocycles. The van der Waals surface area contributed by atoms with Gasteiger partial charge < -0.3 is 4.74 Å². The summed E-state index contributed by atoms with van der Waals surface area (Å²) in [6.07, 6.45) is 16.7. The number of ether oxygens (including phenoxy) is 1. The number of hydrogen-bond donors (Lipinski definition) is 0. The molecule has 2 fully saturated rings. The Morgan fingerprint density at radius 1 is 0.926 bits per heavy atom. The molecule has 1 nitrogen and oxygen atoms in total. The van der Waals surface area contributed by atoms with E-state index in [4.69, 9.17) is 4.74 Å². The third kappa shape index (κ3) is 5.79. The average molecular weight is 375 g/mol. The lowest BCUT2D eigenvalue weighted by Gasteiger charge is -2.38. The summed E-state index contributed by atoms with van der Waals surface area (Å²) < 4.78 is 19.3. The van der Waals surface area contributed by atoms with Crippen LogP contribution in [0.4, 0.5) is 4.39 Å². The molecule has 152 valence electrons. The second-order valence-electron chi connectivity index (χ2n) is 9.17. The number of halogens is 1. The van der Waals surface area contributed by atoms with E-state index in [2.05, 4.69) is 13.0 Å². The van der Waals surface area contributed by atoms with Gasteiger partial charge in [-0.2, -0.15) is 0 Å². The van der Waals surface area contributed by atoms with Gasteiger partial charge >= 0.3 is 0 Å². The summed E-state index contributed by atoms with van der Waals surface area (Å²) >= 11 is 0. The Morgan fingerprint density at radius 2 is 1.59 bits per heavy atom. The summed E-state index contributed by atoms with van der Waals surface area (Å²) in [6.45, 7) is 2.66. The van der Waals surface area contributed by atoms with Gasteiger partial charge in [-0.3, -0.25) is 0 Å². The van der Waals surface area contributed by atoms with E-state index in [1.54, 1.807) is 13.2 Å².